The maximum Gasteiger partial charge on any atom is 0.155 e. The highest BCUT2D eigenvalue weighted by Crippen LogP contribution is 2.24. The third-order valence-corrected chi connectivity index (χ3v) is 4.95. The number of hydrogen-bond acceptors (Lipinski definition) is 5. The fourth-order valence-electron chi connectivity index (χ4n) is 1.45. The summed E-state index contributed by atoms with van der Waals surface area (Å²) >= 11 is 0. The van der Waals surface area contributed by atoms with E-state index in [0.29, 0.717) is 17.1 Å². The zero-order valence-corrected chi connectivity index (χ0v) is 12.2. The summed E-state index contributed by atoms with van der Waals surface area (Å²) in [5, 5.41) is 8.82. The van der Waals surface area contributed by atoms with E-state index in [9.17, 15) is 13.5 Å². The molecule has 1 rings (SSSR count). The molecule has 0 radical (unpaired) electrons. The van der Waals surface area contributed by atoms with E-state index in [1.807, 2.05) is 0 Å². The van der Waals surface area contributed by atoms with Crippen LogP contribution in [0.3, 0.4) is 0 Å². The van der Waals surface area contributed by atoms with Crippen LogP contribution in [-0.2, 0) is 16.4 Å². The first-order valence-electron chi connectivity index (χ1n) is 6.03. The van der Waals surface area contributed by atoms with Crippen molar-refractivity contribution in [3.63, 3.8) is 0 Å². The first-order valence-corrected chi connectivity index (χ1v) is 7.74. The second-order valence-corrected chi connectivity index (χ2v) is 7.07. The van der Waals surface area contributed by atoms with Crippen molar-refractivity contribution in [1.82, 2.24) is 0 Å². The van der Waals surface area contributed by atoms with Crippen LogP contribution in [0.2, 0.25) is 0 Å². The Bertz CT molecular complexity index is 508. The van der Waals surface area contributed by atoms with Gasteiger partial charge in [-0.2, -0.15) is 0 Å². The Morgan fingerprint density at radius 1 is 1.32 bits per heavy atom. The lowest BCUT2D eigenvalue weighted by molar-refractivity contribution is 0.266. The summed E-state index contributed by atoms with van der Waals surface area (Å²) in [6.45, 7) is 3.16. The molecule has 0 unspecified atom stereocenters. The average Bonchev–Trinajstić information content (AvgIpc) is 2.38. The molecular weight excluding hydrogens is 268 g/mol. The summed E-state index contributed by atoms with van der Waals surface area (Å²) in [6, 6.07) is 5.02. The Morgan fingerprint density at radius 2 is 2.00 bits per heavy atom. The monoisotopic (exact) mass is 288 g/mol. The van der Waals surface area contributed by atoms with E-state index in [2.05, 4.69) is 0 Å². The fraction of sp³-hybridized carbons (Fsp3) is 0.538. The number of rotatable bonds is 7. The predicted molar refractivity (Wildman–Crippen MR) is 73.3 cm³/mol. The lowest BCUT2D eigenvalue weighted by Crippen LogP contribution is -2.22. The smallest absolute Gasteiger partial charge is 0.155 e. The molecule has 19 heavy (non-hydrogen) atoms. The zero-order valence-electron chi connectivity index (χ0n) is 11.4. The molecule has 0 saturated carbocycles. The van der Waals surface area contributed by atoms with Crippen LogP contribution in [0.25, 0.3) is 0 Å². The molecule has 0 fully saturated rings. The van der Waals surface area contributed by atoms with Gasteiger partial charge in [-0.15, -0.1) is 0 Å². The highest BCUT2D eigenvalue weighted by atomic mass is 32.2. The molecule has 6 heteroatoms. The minimum Gasteiger partial charge on any atom is -0.497 e. The summed E-state index contributed by atoms with van der Waals surface area (Å²) in [4.78, 5) is 0. The van der Waals surface area contributed by atoms with Gasteiger partial charge < -0.3 is 14.6 Å². The molecule has 0 spiro atoms. The predicted octanol–water partition coefficient (Wildman–Crippen LogP) is 1.39. The van der Waals surface area contributed by atoms with Crippen LogP contribution in [0.15, 0.2) is 18.2 Å². The van der Waals surface area contributed by atoms with Crippen molar-refractivity contribution in [3.05, 3.63) is 23.8 Å². The molecule has 0 aliphatic carbocycles. The van der Waals surface area contributed by atoms with Gasteiger partial charge in [0.25, 0.3) is 0 Å². The minimum absolute atomic E-state index is 0.0401. The molecule has 0 saturated heterocycles. The first kappa shape index (κ1) is 15.8. The Balaban J connectivity index is 2.68. The van der Waals surface area contributed by atoms with Crippen LogP contribution >= 0.6 is 0 Å². The molecule has 1 N–H and O–H groups in total. The standard InChI is InChI=1S/C13H20O5S/c1-10(2)19(15,16)7-6-18-13-5-4-12(17-3)8-11(13)9-14/h4-5,8,10,14H,6-7,9H2,1-3H3. The minimum atomic E-state index is -3.11. The van der Waals surface area contributed by atoms with Gasteiger partial charge in [-0.25, -0.2) is 8.42 Å². The van der Waals surface area contributed by atoms with Crippen LogP contribution in [0.5, 0.6) is 11.5 Å². The summed E-state index contributed by atoms with van der Waals surface area (Å²) in [5.74, 6) is 1.05. The molecule has 0 aliphatic rings. The second kappa shape index (κ2) is 6.77. The van der Waals surface area contributed by atoms with Crippen molar-refractivity contribution < 1.29 is 23.0 Å². The molecule has 0 aliphatic heterocycles. The van der Waals surface area contributed by atoms with E-state index >= 15 is 0 Å². The molecule has 0 amide bonds. The number of sulfone groups is 1. The maximum absolute atomic E-state index is 11.6. The summed E-state index contributed by atoms with van der Waals surface area (Å²) in [5.41, 5.74) is 0.571. The Kier molecular flexibility index (Phi) is 5.62. The fourth-order valence-corrected chi connectivity index (χ4v) is 2.24. The van der Waals surface area contributed by atoms with E-state index in [1.54, 1.807) is 32.0 Å². The highest BCUT2D eigenvalue weighted by molar-refractivity contribution is 7.91. The van der Waals surface area contributed by atoms with Gasteiger partial charge in [-0.05, 0) is 32.0 Å². The van der Waals surface area contributed by atoms with Gasteiger partial charge >= 0.3 is 0 Å². The molecule has 108 valence electrons. The number of aliphatic hydroxyl groups is 1. The third-order valence-electron chi connectivity index (χ3n) is 2.78. The van der Waals surface area contributed by atoms with Crippen LogP contribution < -0.4 is 9.47 Å². The van der Waals surface area contributed by atoms with Crippen molar-refractivity contribution >= 4 is 9.84 Å². The van der Waals surface area contributed by atoms with Crippen molar-refractivity contribution in [3.8, 4) is 11.5 Å². The van der Waals surface area contributed by atoms with Crippen LogP contribution in [0, 0.1) is 0 Å². The lowest BCUT2D eigenvalue weighted by Gasteiger charge is -2.12. The van der Waals surface area contributed by atoms with Gasteiger partial charge in [0.15, 0.2) is 9.84 Å². The Hall–Kier alpha value is -1.27. The number of hydrogen-bond donors (Lipinski definition) is 1. The zero-order chi connectivity index (χ0) is 14.5. The number of benzene rings is 1. The van der Waals surface area contributed by atoms with E-state index in [0.717, 1.165) is 0 Å². The van der Waals surface area contributed by atoms with Crippen molar-refractivity contribution in [2.24, 2.45) is 0 Å². The third kappa shape index (κ3) is 4.40. The van der Waals surface area contributed by atoms with E-state index in [4.69, 9.17) is 9.47 Å². The van der Waals surface area contributed by atoms with Gasteiger partial charge in [-0.3, -0.25) is 0 Å². The van der Waals surface area contributed by atoms with Gasteiger partial charge in [0.05, 0.1) is 24.7 Å². The topological polar surface area (TPSA) is 72.8 Å². The molecule has 0 atom stereocenters. The van der Waals surface area contributed by atoms with E-state index < -0.39 is 15.1 Å². The summed E-state index contributed by atoms with van der Waals surface area (Å²) in [7, 11) is -1.58. The second-order valence-electron chi connectivity index (χ2n) is 4.40. The van der Waals surface area contributed by atoms with Gasteiger partial charge in [0, 0.05) is 5.56 Å². The Morgan fingerprint density at radius 3 is 2.53 bits per heavy atom. The van der Waals surface area contributed by atoms with Gasteiger partial charge in [-0.1, -0.05) is 0 Å². The van der Waals surface area contributed by atoms with E-state index in [1.165, 1.54) is 7.11 Å². The van der Waals surface area contributed by atoms with Crippen LogP contribution in [0.4, 0.5) is 0 Å². The molecule has 0 heterocycles. The van der Waals surface area contributed by atoms with E-state index in [-0.39, 0.29) is 19.0 Å². The molecule has 0 aromatic heterocycles. The quantitative estimate of drug-likeness (QED) is 0.821. The Labute approximate surface area is 114 Å². The maximum atomic E-state index is 11.6. The van der Waals surface area contributed by atoms with Crippen LogP contribution in [0.1, 0.15) is 19.4 Å². The lowest BCUT2D eigenvalue weighted by atomic mass is 10.2. The summed E-state index contributed by atoms with van der Waals surface area (Å²) in [6.07, 6.45) is 0. The molecular formula is C13H20O5S. The highest BCUT2D eigenvalue weighted by Gasteiger charge is 2.16. The molecule has 1 aromatic carbocycles. The average molecular weight is 288 g/mol. The summed E-state index contributed by atoms with van der Waals surface area (Å²) < 4.78 is 33.7. The largest absolute Gasteiger partial charge is 0.497 e. The molecule has 5 nitrogen and oxygen atoms in total. The van der Waals surface area contributed by atoms with Gasteiger partial charge in [0.1, 0.15) is 18.1 Å². The van der Waals surface area contributed by atoms with Crippen molar-refractivity contribution in [1.29, 1.82) is 0 Å². The SMILES string of the molecule is COc1ccc(OCCS(=O)(=O)C(C)C)c(CO)c1. The van der Waals surface area contributed by atoms with Crippen molar-refractivity contribution in [2.75, 3.05) is 19.5 Å². The molecule has 0 bridgehead atoms. The first-order chi connectivity index (χ1) is 8.90. The number of aliphatic hydroxyl groups excluding tert-OH is 1. The number of methoxy groups -OCH3 is 1. The van der Waals surface area contributed by atoms with Crippen molar-refractivity contribution in [2.45, 2.75) is 25.7 Å². The van der Waals surface area contributed by atoms with Gasteiger partial charge in [0.2, 0.25) is 0 Å². The molecule has 1 aromatic rings. The van der Waals surface area contributed by atoms with Crippen LogP contribution in [-0.4, -0.2) is 38.2 Å². The number of ether oxygens (including phenoxy) is 2. The normalized spacial score (nSPS) is 11.6.